The van der Waals surface area contributed by atoms with Crippen LogP contribution < -0.4 is 10.1 Å². The van der Waals surface area contributed by atoms with Crippen LogP contribution in [0.25, 0.3) is 0 Å². The maximum absolute atomic E-state index is 11.4. The van der Waals surface area contributed by atoms with E-state index in [1.54, 1.807) is 24.3 Å². The average Bonchev–Trinajstić information content (AvgIpc) is 2.33. The Morgan fingerprint density at radius 2 is 1.84 bits per heavy atom. The van der Waals surface area contributed by atoms with E-state index >= 15 is 0 Å². The zero-order chi connectivity index (χ0) is 14.3. The van der Waals surface area contributed by atoms with Gasteiger partial charge in [-0.1, -0.05) is 13.8 Å². The van der Waals surface area contributed by atoms with Gasteiger partial charge in [0.25, 0.3) is 0 Å². The van der Waals surface area contributed by atoms with E-state index in [9.17, 15) is 8.42 Å². The van der Waals surface area contributed by atoms with E-state index in [-0.39, 0.29) is 11.5 Å². The number of rotatable bonds is 4. The van der Waals surface area contributed by atoms with Gasteiger partial charge in [0.1, 0.15) is 11.9 Å². The smallest absolute Gasteiger partial charge is 0.175 e. The van der Waals surface area contributed by atoms with Crippen molar-refractivity contribution in [2.45, 2.75) is 37.3 Å². The van der Waals surface area contributed by atoms with Crippen molar-refractivity contribution in [1.29, 1.82) is 0 Å². The largest absolute Gasteiger partial charge is 0.490 e. The molecule has 4 nitrogen and oxygen atoms in total. The molecule has 1 fully saturated rings. The third kappa shape index (κ3) is 2.77. The van der Waals surface area contributed by atoms with E-state index in [1.165, 1.54) is 6.26 Å². The van der Waals surface area contributed by atoms with Gasteiger partial charge < -0.3 is 10.1 Å². The van der Waals surface area contributed by atoms with E-state index in [1.807, 2.05) is 7.05 Å². The van der Waals surface area contributed by atoms with Crippen molar-refractivity contribution < 1.29 is 13.2 Å². The van der Waals surface area contributed by atoms with Gasteiger partial charge in [-0.2, -0.15) is 0 Å². The number of ether oxygens (including phenoxy) is 1. The minimum absolute atomic E-state index is 0.0876. The van der Waals surface area contributed by atoms with Gasteiger partial charge in [0.2, 0.25) is 0 Å². The summed E-state index contributed by atoms with van der Waals surface area (Å²) in [5, 5.41) is 3.28. The molecule has 1 N–H and O–H groups in total. The molecular weight excluding hydrogens is 262 g/mol. The average molecular weight is 283 g/mol. The maximum atomic E-state index is 11.4. The van der Waals surface area contributed by atoms with Crippen LogP contribution in [0.1, 0.15) is 20.3 Å². The van der Waals surface area contributed by atoms with E-state index < -0.39 is 9.84 Å². The fraction of sp³-hybridized carbons (Fsp3) is 0.571. The van der Waals surface area contributed by atoms with Crippen molar-refractivity contribution >= 4 is 9.84 Å². The van der Waals surface area contributed by atoms with Crippen molar-refractivity contribution in [1.82, 2.24) is 5.32 Å². The number of nitrogens with one attached hydrogen (secondary N) is 1. The number of sulfone groups is 1. The van der Waals surface area contributed by atoms with Crippen LogP contribution in [0.4, 0.5) is 0 Å². The van der Waals surface area contributed by atoms with Crippen LogP contribution in [0.3, 0.4) is 0 Å². The standard InChI is InChI=1S/C14H21NO3S/c1-14(2)12(15-3)9-13(14)18-10-5-7-11(8-6-10)19(4,16)17/h5-8,12-13,15H,9H2,1-4H3. The fourth-order valence-electron chi connectivity index (χ4n) is 2.50. The summed E-state index contributed by atoms with van der Waals surface area (Å²) in [6, 6.07) is 7.09. The molecule has 1 aliphatic carbocycles. The Labute approximate surface area is 115 Å². The minimum Gasteiger partial charge on any atom is -0.490 e. The van der Waals surface area contributed by atoms with E-state index in [0.29, 0.717) is 10.9 Å². The number of benzene rings is 1. The van der Waals surface area contributed by atoms with Crippen LogP contribution in [0.15, 0.2) is 29.2 Å². The molecule has 5 heteroatoms. The van der Waals surface area contributed by atoms with Gasteiger partial charge in [0.15, 0.2) is 9.84 Å². The summed E-state index contributed by atoms with van der Waals surface area (Å²) < 4.78 is 28.7. The second-order valence-electron chi connectivity index (χ2n) is 5.75. The van der Waals surface area contributed by atoms with Crippen molar-refractivity contribution in [3.05, 3.63) is 24.3 Å². The Morgan fingerprint density at radius 1 is 1.26 bits per heavy atom. The summed E-state index contributed by atoms with van der Waals surface area (Å²) in [4.78, 5) is 0.320. The highest BCUT2D eigenvalue weighted by atomic mass is 32.2. The Hall–Kier alpha value is -1.07. The zero-order valence-electron chi connectivity index (χ0n) is 11.8. The maximum Gasteiger partial charge on any atom is 0.175 e. The normalized spacial score (nSPS) is 25.7. The summed E-state index contributed by atoms with van der Waals surface area (Å²) >= 11 is 0. The molecule has 0 heterocycles. The highest BCUT2D eigenvalue weighted by Crippen LogP contribution is 2.42. The van der Waals surface area contributed by atoms with Gasteiger partial charge in [-0.3, -0.25) is 0 Å². The van der Waals surface area contributed by atoms with Crippen LogP contribution in [-0.4, -0.2) is 33.9 Å². The molecule has 2 atom stereocenters. The topological polar surface area (TPSA) is 55.4 Å². The third-order valence-electron chi connectivity index (χ3n) is 4.06. The summed E-state index contributed by atoms with van der Waals surface area (Å²) in [5.74, 6) is 0.722. The third-order valence-corrected chi connectivity index (χ3v) is 5.18. The number of hydrogen-bond acceptors (Lipinski definition) is 4. The lowest BCUT2D eigenvalue weighted by Gasteiger charge is -2.51. The first kappa shape index (κ1) is 14.3. The first-order valence-corrected chi connectivity index (χ1v) is 8.28. The zero-order valence-corrected chi connectivity index (χ0v) is 12.6. The van der Waals surface area contributed by atoms with Crippen LogP contribution in [0.5, 0.6) is 5.75 Å². The molecule has 0 bridgehead atoms. The molecule has 0 spiro atoms. The van der Waals surface area contributed by atoms with Crippen molar-refractivity contribution in [2.24, 2.45) is 5.41 Å². The van der Waals surface area contributed by atoms with Gasteiger partial charge in [-0.25, -0.2) is 8.42 Å². The quantitative estimate of drug-likeness (QED) is 0.916. The van der Waals surface area contributed by atoms with Gasteiger partial charge in [0, 0.05) is 24.1 Å². The fourth-order valence-corrected chi connectivity index (χ4v) is 3.14. The van der Waals surface area contributed by atoms with Crippen LogP contribution in [0.2, 0.25) is 0 Å². The Morgan fingerprint density at radius 3 is 2.26 bits per heavy atom. The van der Waals surface area contributed by atoms with Gasteiger partial charge in [0.05, 0.1) is 4.90 Å². The van der Waals surface area contributed by atoms with Gasteiger partial charge in [-0.15, -0.1) is 0 Å². The Bertz CT molecular complexity index is 549. The van der Waals surface area contributed by atoms with Crippen LogP contribution >= 0.6 is 0 Å². The van der Waals surface area contributed by atoms with Crippen molar-refractivity contribution in [2.75, 3.05) is 13.3 Å². The Balaban J connectivity index is 2.06. The molecule has 2 rings (SSSR count). The highest BCUT2D eigenvalue weighted by molar-refractivity contribution is 7.90. The molecule has 1 aliphatic rings. The predicted molar refractivity (Wildman–Crippen MR) is 75.2 cm³/mol. The summed E-state index contributed by atoms with van der Waals surface area (Å²) in [6.45, 7) is 4.35. The van der Waals surface area contributed by atoms with Crippen LogP contribution in [-0.2, 0) is 9.84 Å². The van der Waals surface area contributed by atoms with E-state index in [0.717, 1.165) is 12.2 Å². The molecule has 0 saturated heterocycles. The molecule has 1 aromatic carbocycles. The molecule has 0 aliphatic heterocycles. The van der Waals surface area contributed by atoms with Crippen LogP contribution in [0, 0.1) is 5.41 Å². The highest BCUT2D eigenvalue weighted by Gasteiger charge is 2.49. The molecular formula is C14H21NO3S. The van der Waals surface area contributed by atoms with E-state index in [4.69, 9.17) is 4.74 Å². The summed E-state index contributed by atoms with van der Waals surface area (Å²) in [7, 11) is -1.18. The van der Waals surface area contributed by atoms with Crippen molar-refractivity contribution in [3.8, 4) is 5.75 Å². The molecule has 106 valence electrons. The van der Waals surface area contributed by atoms with Crippen molar-refractivity contribution in [3.63, 3.8) is 0 Å². The second kappa shape index (κ2) is 4.80. The first-order chi connectivity index (χ1) is 8.75. The molecule has 1 aromatic rings. The molecule has 0 aromatic heterocycles. The molecule has 0 amide bonds. The second-order valence-corrected chi connectivity index (χ2v) is 7.76. The summed E-state index contributed by atoms with van der Waals surface area (Å²) in [5.41, 5.74) is 0.0876. The molecule has 1 saturated carbocycles. The molecule has 19 heavy (non-hydrogen) atoms. The summed E-state index contributed by atoms with van der Waals surface area (Å²) in [6.07, 6.45) is 2.33. The first-order valence-electron chi connectivity index (χ1n) is 6.39. The Kier molecular flexibility index (Phi) is 3.62. The van der Waals surface area contributed by atoms with Gasteiger partial charge in [-0.05, 0) is 31.3 Å². The number of hydrogen-bond donors (Lipinski definition) is 1. The van der Waals surface area contributed by atoms with E-state index in [2.05, 4.69) is 19.2 Å². The van der Waals surface area contributed by atoms with Gasteiger partial charge >= 0.3 is 0 Å². The SMILES string of the molecule is CNC1CC(Oc2ccc(S(C)(=O)=O)cc2)C1(C)C. The molecule has 2 unspecified atom stereocenters. The lowest BCUT2D eigenvalue weighted by atomic mass is 9.64. The molecule has 0 radical (unpaired) electrons. The monoisotopic (exact) mass is 283 g/mol. The lowest BCUT2D eigenvalue weighted by molar-refractivity contribution is -0.0521. The predicted octanol–water partition coefficient (Wildman–Crippen LogP) is 1.86. The lowest BCUT2D eigenvalue weighted by Crippen LogP contribution is -2.61. The minimum atomic E-state index is -3.14.